The monoisotopic (exact) mass is 279 g/mol. The van der Waals surface area contributed by atoms with E-state index in [2.05, 4.69) is 15.6 Å². The number of hydrogen-bond donors (Lipinski definition) is 2. The van der Waals surface area contributed by atoms with E-state index in [0.717, 1.165) is 30.9 Å². The van der Waals surface area contributed by atoms with E-state index >= 15 is 0 Å². The number of carbonyl (C=O) groups excluding carboxylic acids is 1. The molecule has 5 heteroatoms. The zero-order valence-corrected chi connectivity index (χ0v) is 12.0. The van der Waals surface area contributed by atoms with Crippen LogP contribution in [-0.4, -0.2) is 30.5 Å². The zero-order chi connectivity index (χ0) is 13.1. The Hall–Kier alpha value is -0.940. The Balaban J connectivity index is 1.56. The maximum Gasteiger partial charge on any atom is 0.227 e. The van der Waals surface area contributed by atoms with E-state index in [1.54, 1.807) is 11.3 Å². The quantitative estimate of drug-likeness (QED) is 0.880. The fraction of sp³-hybridized carbons (Fsp3) is 0.714. The number of amides is 1. The van der Waals surface area contributed by atoms with Crippen molar-refractivity contribution in [2.24, 2.45) is 11.3 Å². The van der Waals surface area contributed by atoms with Gasteiger partial charge in [0.15, 0.2) is 0 Å². The van der Waals surface area contributed by atoms with E-state index in [1.807, 2.05) is 11.6 Å². The van der Waals surface area contributed by atoms with E-state index in [9.17, 15) is 4.79 Å². The molecule has 2 fully saturated rings. The number of hydrogen-bond acceptors (Lipinski definition) is 4. The number of carbonyl (C=O) groups is 1. The molecule has 2 N–H and O–H groups in total. The predicted molar refractivity (Wildman–Crippen MR) is 76.1 cm³/mol. The van der Waals surface area contributed by atoms with Crippen LogP contribution in [0.4, 0.5) is 0 Å². The summed E-state index contributed by atoms with van der Waals surface area (Å²) < 4.78 is 0. The molecule has 1 saturated heterocycles. The molecule has 2 atom stereocenters. The van der Waals surface area contributed by atoms with Crippen LogP contribution in [0.1, 0.15) is 30.7 Å². The van der Waals surface area contributed by atoms with Gasteiger partial charge in [0.05, 0.1) is 10.4 Å². The molecule has 19 heavy (non-hydrogen) atoms. The second-order valence-electron chi connectivity index (χ2n) is 5.66. The summed E-state index contributed by atoms with van der Waals surface area (Å²) in [6.07, 6.45) is 7.38. The Morgan fingerprint density at radius 2 is 2.53 bits per heavy atom. The smallest absolute Gasteiger partial charge is 0.227 e. The highest BCUT2D eigenvalue weighted by atomic mass is 32.1. The van der Waals surface area contributed by atoms with Gasteiger partial charge in [0, 0.05) is 31.1 Å². The molecular weight excluding hydrogens is 258 g/mol. The van der Waals surface area contributed by atoms with Gasteiger partial charge in [0.1, 0.15) is 0 Å². The van der Waals surface area contributed by atoms with Gasteiger partial charge in [-0.05, 0) is 25.3 Å². The van der Waals surface area contributed by atoms with E-state index in [1.165, 1.54) is 19.3 Å². The number of aromatic nitrogens is 1. The average molecular weight is 279 g/mol. The lowest BCUT2D eigenvalue weighted by atomic mass is 9.67. The highest BCUT2D eigenvalue weighted by Gasteiger charge is 2.49. The van der Waals surface area contributed by atoms with Gasteiger partial charge in [-0.3, -0.25) is 4.79 Å². The molecule has 0 unspecified atom stereocenters. The first-order valence-corrected chi connectivity index (χ1v) is 8.07. The molecule has 4 nitrogen and oxygen atoms in total. The second-order valence-corrected chi connectivity index (χ2v) is 6.64. The third-order valence-electron chi connectivity index (χ3n) is 4.60. The van der Waals surface area contributed by atoms with Gasteiger partial charge in [-0.2, -0.15) is 0 Å². The third kappa shape index (κ3) is 2.54. The van der Waals surface area contributed by atoms with Gasteiger partial charge >= 0.3 is 0 Å². The molecule has 2 heterocycles. The van der Waals surface area contributed by atoms with Crippen molar-refractivity contribution < 1.29 is 4.79 Å². The Kier molecular flexibility index (Phi) is 3.84. The predicted octanol–water partition coefficient (Wildman–Crippen LogP) is 1.58. The summed E-state index contributed by atoms with van der Waals surface area (Å²) >= 11 is 1.65. The summed E-state index contributed by atoms with van der Waals surface area (Å²) in [6, 6.07) is 0. The lowest BCUT2D eigenvalue weighted by Gasteiger charge is -2.37. The second kappa shape index (κ2) is 5.59. The van der Waals surface area contributed by atoms with Gasteiger partial charge in [0.25, 0.3) is 0 Å². The van der Waals surface area contributed by atoms with Crippen LogP contribution >= 0.6 is 11.3 Å². The van der Waals surface area contributed by atoms with Crippen molar-refractivity contribution in [1.82, 2.24) is 15.6 Å². The first-order valence-electron chi connectivity index (χ1n) is 7.19. The molecular formula is C14H21N3OS. The van der Waals surface area contributed by atoms with Crippen molar-refractivity contribution >= 4 is 17.2 Å². The molecule has 104 valence electrons. The van der Waals surface area contributed by atoms with E-state index in [4.69, 9.17) is 0 Å². The molecule has 1 aliphatic heterocycles. The van der Waals surface area contributed by atoms with Crippen molar-refractivity contribution in [3.8, 4) is 0 Å². The van der Waals surface area contributed by atoms with Crippen LogP contribution < -0.4 is 10.6 Å². The summed E-state index contributed by atoms with van der Waals surface area (Å²) in [6.45, 7) is 2.58. The zero-order valence-electron chi connectivity index (χ0n) is 11.2. The van der Waals surface area contributed by atoms with Gasteiger partial charge in [0.2, 0.25) is 5.91 Å². The summed E-state index contributed by atoms with van der Waals surface area (Å²) in [7, 11) is 0. The third-order valence-corrected chi connectivity index (χ3v) is 5.44. The molecule has 2 aliphatic rings. The summed E-state index contributed by atoms with van der Waals surface area (Å²) in [5, 5.41) is 9.64. The van der Waals surface area contributed by atoms with Crippen LogP contribution in [-0.2, 0) is 11.2 Å². The normalized spacial score (nSPS) is 30.0. The Labute approximate surface area is 118 Å². The number of rotatable bonds is 4. The number of fused-ring (bicyclic) bond motifs is 1. The van der Waals surface area contributed by atoms with Crippen molar-refractivity contribution in [3.63, 3.8) is 0 Å². The number of thiazole rings is 1. The lowest BCUT2D eigenvalue weighted by molar-refractivity contribution is -0.133. The molecule has 0 aromatic carbocycles. The van der Waals surface area contributed by atoms with Crippen LogP contribution in [0.25, 0.3) is 0 Å². The fourth-order valence-corrected chi connectivity index (χ4v) is 4.15. The van der Waals surface area contributed by atoms with E-state index < -0.39 is 0 Å². The average Bonchev–Trinajstić information content (AvgIpc) is 3.08. The van der Waals surface area contributed by atoms with Gasteiger partial charge in [-0.15, -0.1) is 11.3 Å². The lowest BCUT2D eigenvalue weighted by Crippen LogP contribution is -2.48. The molecule has 3 rings (SSSR count). The fourth-order valence-electron chi connectivity index (χ4n) is 3.53. The van der Waals surface area contributed by atoms with E-state index in [0.29, 0.717) is 12.5 Å². The van der Waals surface area contributed by atoms with Crippen LogP contribution in [0, 0.1) is 11.3 Å². The Morgan fingerprint density at radius 1 is 1.58 bits per heavy atom. The Morgan fingerprint density at radius 3 is 3.37 bits per heavy atom. The van der Waals surface area contributed by atoms with Crippen molar-refractivity contribution in [2.45, 2.75) is 32.1 Å². The minimum absolute atomic E-state index is 0.124. The highest BCUT2D eigenvalue weighted by molar-refractivity contribution is 7.09. The SMILES string of the molecule is O=C(NCCc1nccs1)[C@@]12CCCC[C@H]1CNC2. The molecule has 1 aromatic heterocycles. The number of nitrogens with zero attached hydrogens (tertiary/aromatic N) is 1. The molecule has 1 saturated carbocycles. The van der Waals surface area contributed by atoms with Crippen LogP contribution in [0.15, 0.2) is 11.6 Å². The van der Waals surface area contributed by atoms with Crippen LogP contribution in [0.5, 0.6) is 0 Å². The topological polar surface area (TPSA) is 54.0 Å². The highest BCUT2D eigenvalue weighted by Crippen LogP contribution is 2.43. The molecule has 0 spiro atoms. The minimum Gasteiger partial charge on any atom is -0.355 e. The molecule has 1 aliphatic carbocycles. The van der Waals surface area contributed by atoms with Gasteiger partial charge in [-0.1, -0.05) is 12.8 Å². The molecule has 1 aromatic rings. The molecule has 1 amide bonds. The summed E-state index contributed by atoms with van der Waals surface area (Å²) in [4.78, 5) is 16.8. The van der Waals surface area contributed by atoms with Crippen molar-refractivity contribution in [1.29, 1.82) is 0 Å². The molecule has 0 radical (unpaired) electrons. The Bertz CT molecular complexity index is 434. The first kappa shape index (κ1) is 13.1. The van der Waals surface area contributed by atoms with Gasteiger partial charge < -0.3 is 10.6 Å². The minimum atomic E-state index is -0.124. The number of nitrogens with one attached hydrogen (secondary N) is 2. The standard InChI is InChI=1S/C14H21N3OS/c18-13(17-6-4-12-16-7-8-19-12)14-5-2-1-3-11(14)9-15-10-14/h7-8,11,15H,1-6,9-10H2,(H,17,18)/t11-,14+/m0/s1. The van der Waals surface area contributed by atoms with Crippen LogP contribution in [0.2, 0.25) is 0 Å². The van der Waals surface area contributed by atoms with Crippen molar-refractivity contribution in [3.05, 3.63) is 16.6 Å². The summed E-state index contributed by atoms with van der Waals surface area (Å²) in [5.41, 5.74) is -0.124. The first-order chi connectivity index (χ1) is 9.31. The van der Waals surface area contributed by atoms with E-state index in [-0.39, 0.29) is 11.3 Å². The maximum atomic E-state index is 12.6. The maximum absolute atomic E-state index is 12.6. The van der Waals surface area contributed by atoms with Crippen LogP contribution in [0.3, 0.4) is 0 Å². The molecule has 0 bridgehead atoms. The summed E-state index contributed by atoms with van der Waals surface area (Å²) in [5.74, 6) is 0.805. The largest absolute Gasteiger partial charge is 0.355 e. The van der Waals surface area contributed by atoms with Crippen molar-refractivity contribution in [2.75, 3.05) is 19.6 Å². The van der Waals surface area contributed by atoms with Gasteiger partial charge in [-0.25, -0.2) is 4.98 Å².